The largest absolute Gasteiger partial charge is 0.384 e. The molecule has 1 fully saturated rings. The van der Waals surface area contributed by atoms with Gasteiger partial charge in [-0.1, -0.05) is 0 Å². The maximum absolute atomic E-state index is 7.69. The predicted octanol–water partition coefficient (Wildman–Crippen LogP) is 1.68. The van der Waals surface area contributed by atoms with Gasteiger partial charge in [0.1, 0.15) is 11.7 Å². The van der Waals surface area contributed by atoms with Gasteiger partial charge in [-0.15, -0.1) is 0 Å². The minimum atomic E-state index is -0.155. The standard InChI is InChI=1S/C14H22N4O/c1-10-5-6-11(12(15)16)13(17-10)18-8-4-7-14(2,9-18)19-3/h5-6H,4,7-9H2,1-3H3,(H3,15,16). The lowest BCUT2D eigenvalue weighted by molar-refractivity contribution is -0.00482. The van der Waals surface area contributed by atoms with Gasteiger partial charge >= 0.3 is 0 Å². The van der Waals surface area contributed by atoms with Crippen LogP contribution in [0.2, 0.25) is 0 Å². The second kappa shape index (κ2) is 5.17. The Morgan fingerprint density at radius 3 is 2.89 bits per heavy atom. The van der Waals surface area contributed by atoms with Crippen molar-refractivity contribution in [3.05, 3.63) is 23.4 Å². The number of pyridine rings is 1. The number of aryl methyl sites for hydroxylation is 1. The van der Waals surface area contributed by atoms with Crippen molar-refractivity contribution in [3.8, 4) is 0 Å². The molecule has 5 nitrogen and oxygen atoms in total. The van der Waals surface area contributed by atoms with Crippen LogP contribution in [0.1, 0.15) is 31.0 Å². The Morgan fingerprint density at radius 2 is 2.26 bits per heavy atom. The fraction of sp³-hybridized carbons (Fsp3) is 0.571. The molecule has 1 saturated heterocycles. The Bertz CT molecular complexity index is 488. The van der Waals surface area contributed by atoms with Crippen LogP contribution in [-0.4, -0.2) is 36.6 Å². The van der Waals surface area contributed by atoms with Crippen molar-refractivity contribution in [3.63, 3.8) is 0 Å². The molecule has 2 rings (SSSR count). The number of aromatic nitrogens is 1. The molecule has 5 heteroatoms. The number of nitrogen functional groups attached to an aromatic ring is 1. The number of rotatable bonds is 3. The van der Waals surface area contributed by atoms with Crippen LogP contribution in [0.4, 0.5) is 5.82 Å². The van der Waals surface area contributed by atoms with Gasteiger partial charge < -0.3 is 15.4 Å². The van der Waals surface area contributed by atoms with E-state index in [1.54, 1.807) is 7.11 Å². The maximum Gasteiger partial charge on any atom is 0.139 e. The lowest BCUT2D eigenvalue weighted by Crippen LogP contribution is -2.48. The minimum Gasteiger partial charge on any atom is -0.384 e. The SMILES string of the molecule is COC1(C)CCCN(c2nc(C)ccc2C(=N)N)C1. The molecule has 1 aromatic heterocycles. The van der Waals surface area contributed by atoms with Gasteiger partial charge in [-0.25, -0.2) is 4.98 Å². The zero-order valence-corrected chi connectivity index (χ0v) is 11.9. The number of nitrogens with two attached hydrogens (primary N) is 1. The first-order valence-corrected chi connectivity index (χ1v) is 6.57. The Balaban J connectivity index is 2.35. The van der Waals surface area contributed by atoms with E-state index >= 15 is 0 Å². The molecule has 1 unspecified atom stereocenters. The molecule has 0 radical (unpaired) electrons. The first kappa shape index (κ1) is 13.8. The number of amidine groups is 1. The maximum atomic E-state index is 7.69. The van der Waals surface area contributed by atoms with Crippen LogP contribution in [0, 0.1) is 12.3 Å². The van der Waals surface area contributed by atoms with Gasteiger partial charge in [0.25, 0.3) is 0 Å². The summed E-state index contributed by atoms with van der Waals surface area (Å²) in [6.07, 6.45) is 2.10. The van der Waals surface area contributed by atoms with Gasteiger partial charge in [0.2, 0.25) is 0 Å². The number of ether oxygens (including phenoxy) is 1. The Kier molecular flexibility index (Phi) is 3.75. The van der Waals surface area contributed by atoms with E-state index in [0.717, 1.165) is 37.4 Å². The van der Waals surface area contributed by atoms with E-state index in [0.29, 0.717) is 5.56 Å². The van der Waals surface area contributed by atoms with Gasteiger partial charge in [0.15, 0.2) is 0 Å². The highest BCUT2D eigenvalue weighted by Crippen LogP contribution is 2.29. The third-order valence-corrected chi connectivity index (χ3v) is 3.76. The fourth-order valence-electron chi connectivity index (χ4n) is 2.55. The summed E-state index contributed by atoms with van der Waals surface area (Å²) in [6.45, 7) is 5.77. The topological polar surface area (TPSA) is 75.2 Å². The Labute approximate surface area is 114 Å². The highest BCUT2D eigenvalue weighted by Gasteiger charge is 2.32. The predicted molar refractivity (Wildman–Crippen MR) is 76.9 cm³/mol. The number of anilines is 1. The van der Waals surface area contributed by atoms with Crippen molar-refractivity contribution >= 4 is 11.7 Å². The van der Waals surface area contributed by atoms with Gasteiger partial charge in [-0.3, -0.25) is 5.41 Å². The number of hydrogen-bond acceptors (Lipinski definition) is 4. The minimum absolute atomic E-state index is 0.0622. The molecule has 1 atom stereocenters. The van der Waals surface area contributed by atoms with Crippen LogP contribution in [-0.2, 0) is 4.74 Å². The molecular formula is C14H22N4O. The average molecular weight is 262 g/mol. The molecule has 19 heavy (non-hydrogen) atoms. The Hall–Kier alpha value is -1.62. The summed E-state index contributed by atoms with van der Waals surface area (Å²) in [5.41, 5.74) is 7.14. The third-order valence-electron chi connectivity index (χ3n) is 3.76. The third kappa shape index (κ3) is 2.87. The summed E-state index contributed by atoms with van der Waals surface area (Å²) >= 11 is 0. The molecule has 0 saturated carbocycles. The first-order valence-electron chi connectivity index (χ1n) is 6.57. The molecule has 1 aliphatic rings. The van der Waals surface area contributed by atoms with Crippen LogP contribution in [0.3, 0.4) is 0 Å². The van der Waals surface area contributed by atoms with Crippen LogP contribution in [0.25, 0.3) is 0 Å². The highest BCUT2D eigenvalue weighted by molar-refractivity contribution is 5.99. The van der Waals surface area contributed by atoms with E-state index in [1.807, 2.05) is 19.1 Å². The Morgan fingerprint density at radius 1 is 1.53 bits per heavy atom. The number of methoxy groups -OCH3 is 1. The average Bonchev–Trinajstić information content (AvgIpc) is 2.38. The summed E-state index contributed by atoms with van der Waals surface area (Å²) in [4.78, 5) is 6.74. The van der Waals surface area contributed by atoms with E-state index in [9.17, 15) is 0 Å². The summed E-state index contributed by atoms with van der Waals surface area (Å²) in [5.74, 6) is 0.864. The number of hydrogen-bond donors (Lipinski definition) is 2. The second-order valence-electron chi connectivity index (χ2n) is 5.42. The molecule has 0 aromatic carbocycles. The zero-order chi connectivity index (χ0) is 14.0. The van der Waals surface area contributed by atoms with E-state index in [-0.39, 0.29) is 11.4 Å². The summed E-state index contributed by atoms with van der Waals surface area (Å²) in [5, 5.41) is 7.69. The van der Waals surface area contributed by atoms with Crippen LogP contribution in [0.15, 0.2) is 12.1 Å². The molecule has 1 aromatic rings. The second-order valence-corrected chi connectivity index (χ2v) is 5.42. The van der Waals surface area contributed by atoms with Crippen molar-refractivity contribution in [2.45, 2.75) is 32.3 Å². The van der Waals surface area contributed by atoms with Gasteiger partial charge in [0.05, 0.1) is 11.2 Å². The lowest BCUT2D eigenvalue weighted by atomic mass is 9.94. The molecule has 0 aliphatic carbocycles. The number of nitrogens with zero attached hydrogens (tertiary/aromatic N) is 2. The molecule has 0 bridgehead atoms. The molecule has 0 amide bonds. The summed E-state index contributed by atoms with van der Waals surface area (Å²) in [7, 11) is 1.75. The van der Waals surface area contributed by atoms with Crippen molar-refractivity contribution in [1.29, 1.82) is 5.41 Å². The number of piperidine rings is 1. The van der Waals surface area contributed by atoms with E-state index in [4.69, 9.17) is 15.9 Å². The molecule has 1 aliphatic heterocycles. The molecule has 2 heterocycles. The van der Waals surface area contributed by atoms with E-state index < -0.39 is 0 Å². The van der Waals surface area contributed by atoms with Gasteiger partial charge in [-0.2, -0.15) is 0 Å². The first-order chi connectivity index (χ1) is 8.95. The van der Waals surface area contributed by atoms with Crippen molar-refractivity contribution in [2.75, 3.05) is 25.1 Å². The fourth-order valence-corrected chi connectivity index (χ4v) is 2.55. The highest BCUT2D eigenvalue weighted by atomic mass is 16.5. The zero-order valence-electron chi connectivity index (χ0n) is 11.9. The quantitative estimate of drug-likeness (QED) is 0.642. The van der Waals surface area contributed by atoms with Crippen molar-refractivity contribution in [1.82, 2.24) is 4.98 Å². The van der Waals surface area contributed by atoms with Crippen molar-refractivity contribution in [2.24, 2.45) is 5.73 Å². The summed E-state index contributed by atoms with van der Waals surface area (Å²) in [6, 6.07) is 3.76. The van der Waals surface area contributed by atoms with E-state index in [1.165, 1.54) is 0 Å². The van der Waals surface area contributed by atoms with Crippen LogP contribution in [0.5, 0.6) is 0 Å². The summed E-state index contributed by atoms with van der Waals surface area (Å²) < 4.78 is 5.61. The van der Waals surface area contributed by atoms with E-state index in [2.05, 4.69) is 16.8 Å². The monoisotopic (exact) mass is 262 g/mol. The molecule has 0 spiro atoms. The molecule has 3 N–H and O–H groups in total. The lowest BCUT2D eigenvalue weighted by Gasteiger charge is -2.40. The van der Waals surface area contributed by atoms with Gasteiger partial charge in [0, 0.05) is 25.9 Å². The normalized spacial score (nSPS) is 23.4. The van der Waals surface area contributed by atoms with Gasteiger partial charge in [-0.05, 0) is 38.8 Å². The molecule has 104 valence electrons. The van der Waals surface area contributed by atoms with Crippen LogP contribution >= 0.6 is 0 Å². The molecular weight excluding hydrogens is 240 g/mol. The number of nitrogens with one attached hydrogen (secondary N) is 1. The van der Waals surface area contributed by atoms with Crippen molar-refractivity contribution < 1.29 is 4.74 Å². The van der Waals surface area contributed by atoms with Crippen LogP contribution < -0.4 is 10.6 Å². The smallest absolute Gasteiger partial charge is 0.139 e.